The number of pyridine rings is 1. The van der Waals surface area contributed by atoms with Crippen molar-refractivity contribution in [3.8, 4) is 33.7 Å². The van der Waals surface area contributed by atoms with Gasteiger partial charge >= 0.3 is 0 Å². The maximum atomic E-state index is 10.0. The summed E-state index contributed by atoms with van der Waals surface area (Å²) >= 11 is 0. The second kappa shape index (κ2) is 14.3. The number of hydrogen-bond donors (Lipinski definition) is 1. The molecule has 0 aliphatic carbocycles. The van der Waals surface area contributed by atoms with Crippen molar-refractivity contribution in [2.75, 3.05) is 0 Å². The second-order valence-corrected chi connectivity index (χ2v) is 12.0. The molecule has 0 unspecified atom stereocenters. The van der Waals surface area contributed by atoms with Crippen LogP contribution in [0.4, 0.5) is 0 Å². The Morgan fingerprint density at radius 1 is 0.787 bits per heavy atom. The van der Waals surface area contributed by atoms with Gasteiger partial charge in [0, 0.05) is 37.9 Å². The number of fused-ring (bicyclic) bond motifs is 4. The summed E-state index contributed by atoms with van der Waals surface area (Å²) < 4.78 is 6.44. The summed E-state index contributed by atoms with van der Waals surface area (Å²) in [7, 11) is 0. The first-order valence-electron chi connectivity index (χ1n) is 15.5. The molecule has 1 N–H and O–H groups in total. The van der Waals surface area contributed by atoms with Crippen LogP contribution in [0.25, 0.3) is 66.2 Å². The Labute approximate surface area is 289 Å². The van der Waals surface area contributed by atoms with Crippen LogP contribution in [0.5, 0.6) is 0 Å². The summed E-state index contributed by atoms with van der Waals surface area (Å²) in [6.45, 7) is 9.56. The Morgan fingerprint density at radius 2 is 1.45 bits per heavy atom. The first-order chi connectivity index (χ1) is 22.2. The van der Waals surface area contributed by atoms with E-state index in [1.165, 1.54) is 47.2 Å². The molecule has 47 heavy (non-hydrogen) atoms. The Morgan fingerprint density at radius 3 is 2.06 bits per heavy atom. The van der Waals surface area contributed by atoms with Crippen molar-refractivity contribution in [2.24, 2.45) is 0 Å². The molecule has 0 saturated heterocycles. The van der Waals surface area contributed by atoms with Gasteiger partial charge in [-0.2, -0.15) is 0 Å². The quantitative estimate of drug-likeness (QED) is 0.0816. The van der Waals surface area contributed by atoms with Gasteiger partial charge in [-0.3, -0.25) is 4.79 Å². The van der Waals surface area contributed by atoms with Gasteiger partial charge in [0.2, 0.25) is 0 Å². The van der Waals surface area contributed by atoms with Crippen LogP contribution in [0, 0.1) is 13.0 Å². The Kier molecular flexibility index (Phi) is 10.2. The normalized spacial score (nSPS) is 11.4. The summed E-state index contributed by atoms with van der Waals surface area (Å²) in [4.78, 5) is 14.9. The van der Waals surface area contributed by atoms with Crippen LogP contribution in [-0.2, 0) is 24.9 Å². The SMILES string of the molecule is CC(=O)/C=C(/C)O.Cc1cc(C(C)C)c2ccc3c(-c4[c-]c5oc(-c6ccccc6)cc5c(-c5ccccc5)c4)nccc3c2c1.[Ir]. The number of ketones is 1. The van der Waals surface area contributed by atoms with E-state index in [4.69, 9.17) is 14.5 Å². The molecule has 1 radical (unpaired) electrons. The predicted octanol–water partition coefficient (Wildman–Crippen LogP) is 11.4. The molecule has 0 bridgehead atoms. The molecular weight excluding hydrogens is 759 g/mol. The van der Waals surface area contributed by atoms with E-state index in [1.807, 2.05) is 30.5 Å². The fourth-order valence-electron chi connectivity index (χ4n) is 6.06. The average Bonchev–Trinajstić information content (AvgIpc) is 3.48. The number of furan rings is 1. The number of nitrogens with zero attached hydrogens (tertiary/aromatic N) is 1. The zero-order valence-electron chi connectivity index (χ0n) is 27.1. The first kappa shape index (κ1) is 33.5. The molecule has 0 atom stereocenters. The first-order valence-corrected chi connectivity index (χ1v) is 15.5. The Bertz CT molecular complexity index is 2230. The zero-order valence-corrected chi connectivity index (χ0v) is 29.5. The minimum Gasteiger partial charge on any atom is -0.512 e. The number of carbonyl (C=O) groups excluding carboxylic acids is 1. The van der Waals surface area contributed by atoms with E-state index in [0.29, 0.717) is 5.92 Å². The third kappa shape index (κ3) is 7.12. The molecular formula is C42H36IrNO3-. The number of allylic oxidation sites excluding steroid dienone is 2. The third-order valence-corrected chi connectivity index (χ3v) is 8.04. The number of rotatable bonds is 5. The molecule has 0 amide bonds. The number of aromatic nitrogens is 1. The molecule has 2 heterocycles. The number of hydrogen-bond acceptors (Lipinski definition) is 4. The molecule has 5 heteroatoms. The summed E-state index contributed by atoms with van der Waals surface area (Å²) in [5.74, 6) is 1.23. The average molecular weight is 795 g/mol. The van der Waals surface area contributed by atoms with Gasteiger partial charge in [0.15, 0.2) is 5.78 Å². The summed E-state index contributed by atoms with van der Waals surface area (Å²) in [5, 5.41) is 14.3. The van der Waals surface area contributed by atoms with E-state index >= 15 is 0 Å². The van der Waals surface area contributed by atoms with Gasteiger partial charge in [-0.25, -0.2) is 0 Å². The van der Waals surface area contributed by atoms with E-state index in [2.05, 4.69) is 106 Å². The number of benzene rings is 5. The molecule has 2 aromatic heterocycles. The van der Waals surface area contributed by atoms with E-state index in [1.54, 1.807) is 0 Å². The van der Waals surface area contributed by atoms with Crippen LogP contribution in [0.15, 0.2) is 126 Å². The predicted molar refractivity (Wildman–Crippen MR) is 190 cm³/mol. The third-order valence-electron chi connectivity index (χ3n) is 8.04. The summed E-state index contributed by atoms with van der Waals surface area (Å²) in [6.07, 6.45) is 3.09. The fourth-order valence-corrected chi connectivity index (χ4v) is 6.06. The van der Waals surface area contributed by atoms with E-state index in [0.717, 1.165) is 50.1 Å². The maximum Gasteiger partial charge on any atom is 0.155 e. The minimum atomic E-state index is -0.125. The van der Waals surface area contributed by atoms with Crippen LogP contribution in [0.2, 0.25) is 0 Å². The monoisotopic (exact) mass is 795 g/mol. The molecule has 5 aromatic carbocycles. The minimum absolute atomic E-state index is 0. The molecule has 7 rings (SSSR count). The maximum absolute atomic E-state index is 10.0. The van der Waals surface area contributed by atoms with Gasteiger partial charge in [-0.1, -0.05) is 121 Å². The topological polar surface area (TPSA) is 63.3 Å². The number of aliphatic hydroxyl groups excluding tert-OH is 1. The van der Waals surface area contributed by atoms with Crippen LogP contribution in [0.1, 0.15) is 44.7 Å². The molecule has 0 aliphatic rings. The van der Waals surface area contributed by atoms with Gasteiger partial charge in [-0.15, -0.1) is 11.6 Å². The van der Waals surface area contributed by atoms with E-state index in [9.17, 15) is 4.79 Å². The second-order valence-electron chi connectivity index (χ2n) is 12.0. The van der Waals surface area contributed by atoms with Gasteiger partial charge in [0.25, 0.3) is 0 Å². The van der Waals surface area contributed by atoms with Gasteiger partial charge in [-0.05, 0) is 77.2 Å². The van der Waals surface area contributed by atoms with Crippen molar-refractivity contribution < 1.29 is 34.4 Å². The van der Waals surface area contributed by atoms with E-state index < -0.39 is 0 Å². The van der Waals surface area contributed by atoms with Gasteiger partial charge < -0.3 is 14.5 Å². The van der Waals surface area contributed by atoms with Crippen LogP contribution in [0.3, 0.4) is 0 Å². The molecule has 4 nitrogen and oxygen atoms in total. The van der Waals surface area contributed by atoms with Crippen LogP contribution in [-0.4, -0.2) is 15.9 Å². The molecule has 237 valence electrons. The molecule has 7 aromatic rings. The summed E-state index contributed by atoms with van der Waals surface area (Å²) in [6, 6.07) is 39.9. The number of carbonyl (C=O) groups is 1. The van der Waals surface area contributed by atoms with Crippen molar-refractivity contribution in [3.05, 3.63) is 138 Å². The standard InChI is InChI=1S/C37H28NO.C5H8O2.Ir/c1-23(2)31-18-24(3)19-33-28(31)14-15-30-29(33)16-17-38-37(30)27-20-32(25-10-6-4-7-11-25)34-22-35(39-36(34)21-27)26-12-8-5-9-13-26;1-4(6)3-5(2)7;/h4-20,22-23H,1-3H3;3,6H,1-2H3;/q-1;;/b;4-3-;. The Balaban J connectivity index is 0.000000491. The smallest absolute Gasteiger partial charge is 0.155 e. The van der Waals surface area contributed by atoms with Gasteiger partial charge in [0.05, 0.1) is 11.3 Å². The van der Waals surface area contributed by atoms with Gasteiger partial charge in [0.1, 0.15) is 5.76 Å². The number of aryl methyl sites for hydroxylation is 1. The van der Waals surface area contributed by atoms with Crippen molar-refractivity contribution in [3.63, 3.8) is 0 Å². The number of aliphatic hydroxyl groups is 1. The fraction of sp³-hybridized carbons (Fsp3) is 0.143. The largest absolute Gasteiger partial charge is 0.512 e. The molecule has 0 fully saturated rings. The molecule has 0 aliphatic heterocycles. The van der Waals surface area contributed by atoms with E-state index in [-0.39, 0.29) is 31.6 Å². The zero-order chi connectivity index (χ0) is 32.4. The molecule has 0 saturated carbocycles. The van der Waals surface area contributed by atoms with Crippen LogP contribution < -0.4 is 0 Å². The van der Waals surface area contributed by atoms with Crippen molar-refractivity contribution in [1.82, 2.24) is 4.98 Å². The van der Waals surface area contributed by atoms with Crippen molar-refractivity contribution >= 4 is 38.3 Å². The molecule has 0 spiro atoms. The summed E-state index contributed by atoms with van der Waals surface area (Å²) in [5.41, 5.74) is 8.55. The van der Waals surface area contributed by atoms with Crippen LogP contribution >= 0.6 is 0 Å². The van der Waals surface area contributed by atoms with Crippen molar-refractivity contribution in [1.29, 1.82) is 0 Å². The van der Waals surface area contributed by atoms with Crippen molar-refractivity contribution in [2.45, 2.75) is 40.5 Å². The Hall–Kier alpha value is -4.83.